The van der Waals surface area contributed by atoms with Crippen LogP contribution in [-0.2, 0) is 23.4 Å². The minimum absolute atomic E-state index is 0. The van der Waals surface area contributed by atoms with Gasteiger partial charge in [-0.2, -0.15) is 5.10 Å². The molecule has 9 heteroatoms. The van der Waals surface area contributed by atoms with E-state index in [2.05, 4.69) is 20.7 Å². The molecule has 0 amide bonds. The van der Waals surface area contributed by atoms with Crippen molar-refractivity contribution in [2.45, 2.75) is 27.3 Å². The van der Waals surface area contributed by atoms with Gasteiger partial charge in [-0.05, 0) is 20.8 Å². The number of hydrogen-bond donors (Lipinski definition) is 2. The average molecular weight is 443 g/mol. The highest BCUT2D eigenvalue weighted by atomic mass is 127. The van der Waals surface area contributed by atoms with E-state index in [0.29, 0.717) is 19.0 Å². The van der Waals surface area contributed by atoms with E-state index >= 15 is 0 Å². The molecule has 0 aliphatic carbocycles. The molecule has 0 spiro atoms. The van der Waals surface area contributed by atoms with Crippen LogP contribution in [0.1, 0.15) is 23.9 Å². The van der Waals surface area contributed by atoms with Gasteiger partial charge in [0, 0.05) is 37.7 Å². The third-order valence-electron chi connectivity index (χ3n) is 3.16. The molecule has 1 aromatic heterocycles. The molecule has 0 saturated carbocycles. The Morgan fingerprint density at radius 2 is 1.95 bits per heavy atom. The summed E-state index contributed by atoms with van der Waals surface area (Å²) in [6, 6.07) is 0. The van der Waals surface area contributed by atoms with Crippen molar-refractivity contribution in [3.05, 3.63) is 17.0 Å². The fourth-order valence-corrected chi connectivity index (χ4v) is 2.37. The summed E-state index contributed by atoms with van der Waals surface area (Å²) in [7, 11) is -1.06. The Morgan fingerprint density at radius 3 is 2.41 bits per heavy atom. The summed E-state index contributed by atoms with van der Waals surface area (Å²) in [6.07, 6.45) is 1.22. The Balaban J connectivity index is 0.00000441. The number of rotatable bonds is 6. The maximum Gasteiger partial charge on any atom is 0.191 e. The fourth-order valence-electron chi connectivity index (χ4n) is 1.90. The van der Waals surface area contributed by atoms with E-state index in [1.54, 1.807) is 0 Å². The third-order valence-corrected chi connectivity index (χ3v) is 4.11. The predicted octanol–water partition coefficient (Wildman–Crippen LogP) is 0.755. The Kier molecular flexibility index (Phi) is 8.98. The highest BCUT2D eigenvalue weighted by Crippen LogP contribution is 2.12. The van der Waals surface area contributed by atoms with E-state index in [4.69, 9.17) is 0 Å². The standard InChI is InChI=1S/C13H25N5O2S.HI/c1-6-14-13(15-7-8-21(5,19)20)16-9-12-10(2)17-18(4)11(12)3;/h6-9H2,1-5H3,(H2,14,15,16);1H. The van der Waals surface area contributed by atoms with Crippen molar-refractivity contribution in [3.63, 3.8) is 0 Å². The van der Waals surface area contributed by atoms with Gasteiger partial charge < -0.3 is 10.6 Å². The SMILES string of the molecule is CCNC(=NCc1c(C)nn(C)c1C)NCCS(C)(=O)=O.I. The van der Waals surface area contributed by atoms with Crippen LogP contribution in [0.25, 0.3) is 0 Å². The van der Waals surface area contributed by atoms with Crippen molar-refractivity contribution >= 4 is 39.8 Å². The summed E-state index contributed by atoms with van der Waals surface area (Å²) in [5, 5.41) is 10.5. The van der Waals surface area contributed by atoms with Crippen molar-refractivity contribution in [1.82, 2.24) is 20.4 Å². The molecule has 1 aromatic rings. The largest absolute Gasteiger partial charge is 0.357 e. The molecule has 0 aromatic carbocycles. The summed E-state index contributed by atoms with van der Waals surface area (Å²) in [6.45, 7) is 7.51. The van der Waals surface area contributed by atoms with E-state index in [-0.39, 0.29) is 29.7 Å². The second kappa shape index (κ2) is 9.33. The second-order valence-electron chi connectivity index (χ2n) is 5.02. The zero-order valence-electron chi connectivity index (χ0n) is 13.8. The van der Waals surface area contributed by atoms with E-state index in [9.17, 15) is 8.42 Å². The molecule has 1 heterocycles. The van der Waals surface area contributed by atoms with E-state index in [1.165, 1.54) is 6.26 Å². The van der Waals surface area contributed by atoms with Gasteiger partial charge in [0.2, 0.25) is 0 Å². The van der Waals surface area contributed by atoms with Gasteiger partial charge in [0.05, 0.1) is 18.0 Å². The molecule has 0 atom stereocenters. The highest BCUT2D eigenvalue weighted by molar-refractivity contribution is 14.0. The maximum absolute atomic E-state index is 11.1. The number of halogens is 1. The topological polar surface area (TPSA) is 88.4 Å². The Hall–Kier alpha value is -0.840. The molecule has 0 radical (unpaired) electrons. The lowest BCUT2D eigenvalue weighted by molar-refractivity contribution is 0.600. The Morgan fingerprint density at radius 1 is 1.32 bits per heavy atom. The number of aliphatic imine (C=N–C) groups is 1. The lowest BCUT2D eigenvalue weighted by Gasteiger charge is -2.10. The first-order chi connectivity index (χ1) is 9.74. The summed E-state index contributed by atoms with van der Waals surface area (Å²) < 4.78 is 24.1. The van der Waals surface area contributed by atoms with Crippen molar-refractivity contribution < 1.29 is 8.42 Å². The Bertz CT molecular complexity index is 610. The molecule has 0 fully saturated rings. The van der Waals surface area contributed by atoms with Gasteiger partial charge in [0.15, 0.2) is 5.96 Å². The summed E-state index contributed by atoms with van der Waals surface area (Å²) in [4.78, 5) is 4.48. The first-order valence-corrected chi connectivity index (χ1v) is 8.99. The van der Waals surface area contributed by atoms with Crippen molar-refractivity contribution in [3.8, 4) is 0 Å². The van der Waals surface area contributed by atoms with Crippen LogP contribution in [0.15, 0.2) is 4.99 Å². The van der Waals surface area contributed by atoms with Crippen LogP contribution in [0, 0.1) is 13.8 Å². The van der Waals surface area contributed by atoms with Crippen LogP contribution in [0.3, 0.4) is 0 Å². The van der Waals surface area contributed by atoms with Crippen LogP contribution in [0.5, 0.6) is 0 Å². The van der Waals surface area contributed by atoms with Gasteiger partial charge in [0.25, 0.3) is 0 Å². The summed E-state index contributed by atoms with van der Waals surface area (Å²) in [5.74, 6) is 0.700. The van der Waals surface area contributed by atoms with Crippen LogP contribution in [0.4, 0.5) is 0 Å². The highest BCUT2D eigenvalue weighted by Gasteiger charge is 2.09. The molecule has 0 bridgehead atoms. The molecule has 1 rings (SSSR count). The number of nitrogens with zero attached hydrogens (tertiary/aromatic N) is 3. The number of hydrogen-bond acceptors (Lipinski definition) is 4. The lowest BCUT2D eigenvalue weighted by Crippen LogP contribution is -2.39. The van der Waals surface area contributed by atoms with Gasteiger partial charge in [-0.25, -0.2) is 13.4 Å². The van der Waals surface area contributed by atoms with E-state index in [0.717, 1.165) is 23.5 Å². The zero-order valence-corrected chi connectivity index (χ0v) is 16.9. The summed E-state index contributed by atoms with van der Waals surface area (Å²) in [5.41, 5.74) is 3.15. The van der Waals surface area contributed by atoms with Gasteiger partial charge in [-0.1, -0.05) is 0 Å². The normalized spacial score (nSPS) is 12.0. The molecule has 22 heavy (non-hydrogen) atoms. The number of aryl methyl sites for hydroxylation is 2. The number of nitrogens with one attached hydrogen (secondary N) is 2. The lowest BCUT2D eigenvalue weighted by atomic mass is 10.2. The molecule has 7 nitrogen and oxygen atoms in total. The Labute approximate surface area is 149 Å². The fraction of sp³-hybridized carbons (Fsp3) is 0.692. The first kappa shape index (κ1) is 21.2. The molecular formula is C13H26IN5O2S. The first-order valence-electron chi connectivity index (χ1n) is 6.93. The zero-order chi connectivity index (χ0) is 16.0. The second-order valence-corrected chi connectivity index (χ2v) is 7.28. The van der Waals surface area contributed by atoms with Gasteiger partial charge in [-0.3, -0.25) is 4.68 Å². The molecule has 0 aliphatic heterocycles. The maximum atomic E-state index is 11.1. The van der Waals surface area contributed by atoms with E-state index < -0.39 is 9.84 Å². The van der Waals surface area contributed by atoms with Crippen molar-refractivity contribution in [2.24, 2.45) is 12.0 Å². The third kappa shape index (κ3) is 6.95. The molecule has 0 unspecified atom stereocenters. The minimum atomic E-state index is -2.97. The number of sulfone groups is 1. The number of aromatic nitrogens is 2. The van der Waals surface area contributed by atoms with E-state index in [1.807, 2.05) is 32.5 Å². The van der Waals surface area contributed by atoms with Gasteiger partial charge in [-0.15, -0.1) is 24.0 Å². The van der Waals surface area contributed by atoms with Crippen molar-refractivity contribution in [1.29, 1.82) is 0 Å². The average Bonchev–Trinajstić information content (AvgIpc) is 2.59. The summed E-state index contributed by atoms with van der Waals surface area (Å²) >= 11 is 0. The van der Waals surface area contributed by atoms with Crippen LogP contribution in [0.2, 0.25) is 0 Å². The van der Waals surface area contributed by atoms with Gasteiger partial charge in [0.1, 0.15) is 9.84 Å². The monoisotopic (exact) mass is 443 g/mol. The molecule has 0 saturated heterocycles. The van der Waals surface area contributed by atoms with Crippen molar-refractivity contribution in [2.75, 3.05) is 25.1 Å². The smallest absolute Gasteiger partial charge is 0.191 e. The number of guanidine groups is 1. The molecule has 0 aliphatic rings. The van der Waals surface area contributed by atoms with Crippen LogP contribution >= 0.6 is 24.0 Å². The predicted molar refractivity (Wildman–Crippen MR) is 101 cm³/mol. The molecule has 128 valence electrons. The minimum Gasteiger partial charge on any atom is -0.357 e. The van der Waals surface area contributed by atoms with Crippen LogP contribution < -0.4 is 10.6 Å². The van der Waals surface area contributed by atoms with Crippen LogP contribution in [-0.4, -0.2) is 49.3 Å². The quantitative estimate of drug-likeness (QED) is 0.385. The molecular weight excluding hydrogens is 417 g/mol. The van der Waals surface area contributed by atoms with Gasteiger partial charge >= 0.3 is 0 Å². The molecule has 2 N–H and O–H groups in total.